The molecule has 1 heterocycles. The van der Waals surface area contributed by atoms with Crippen molar-refractivity contribution in [3.8, 4) is 0 Å². The van der Waals surface area contributed by atoms with Crippen LogP contribution in [0.4, 0.5) is 5.69 Å². The Morgan fingerprint density at radius 1 is 1.41 bits per heavy atom. The number of amidine groups is 1. The first kappa shape index (κ1) is 16.7. The van der Waals surface area contributed by atoms with E-state index in [-0.39, 0.29) is 18.2 Å². The average molecular weight is 383 g/mol. The van der Waals surface area contributed by atoms with Crippen LogP contribution in [0.3, 0.4) is 0 Å². The summed E-state index contributed by atoms with van der Waals surface area (Å²) in [5.74, 6) is -0.453. The van der Waals surface area contributed by atoms with Crippen LogP contribution in [0.2, 0.25) is 0 Å². The highest BCUT2D eigenvalue weighted by molar-refractivity contribution is 9.10. The Kier molecular flexibility index (Phi) is 5.73. The Morgan fingerprint density at radius 2 is 2.14 bits per heavy atom. The van der Waals surface area contributed by atoms with E-state index in [0.29, 0.717) is 10.9 Å². The first-order valence-corrected chi connectivity index (χ1v) is 8.23. The van der Waals surface area contributed by atoms with Crippen LogP contribution in [0.5, 0.6) is 0 Å². The van der Waals surface area contributed by atoms with E-state index in [0.717, 1.165) is 10.2 Å². The van der Waals surface area contributed by atoms with E-state index >= 15 is 0 Å². The monoisotopic (exact) mass is 382 g/mol. The summed E-state index contributed by atoms with van der Waals surface area (Å²) in [7, 11) is 0. The van der Waals surface area contributed by atoms with Gasteiger partial charge in [0.25, 0.3) is 0 Å². The highest BCUT2D eigenvalue weighted by atomic mass is 79.9. The number of nitrogens with one attached hydrogen (secondary N) is 2. The number of carbonyl (C=O) groups excluding carboxylic acids is 2. The second kappa shape index (κ2) is 7.55. The summed E-state index contributed by atoms with van der Waals surface area (Å²) in [6.45, 7) is 3.63. The predicted octanol–water partition coefficient (Wildman–Crippen LogP) is 2.76. The number of nitrogens with zero attached hydrogens (tertiary/aromatic N) is 2. The molecule has 1 aromatic rings. The molecule has 1 aliphatic heterocycles. The van der Waals surface area contributed by atoms with Gasteiger partial charge in [0.1, 0.15) is 5.25 Å². The van der Waals surface area contributed by atoms with Gasteiger partial charge in [0, 0.05) is 16.6 Å². The summed E-state index contributed by atoms with van der Waals surface area (Å²) in [5.41, 5.74) is 1.47. The van der Waals surface area contributed by atoms with Crippen LogP contribution in [0.25, 0.3) is 0 Å². The number of amides is 2. The fraction of sp³-hybridized carbons (Fsp3) is 0.286. The molecule has 22 heavy (non-hydrogen) atoms. The molecule has 2 rings (SSSR count). The van der Waals surface area contributed by atoms with E-state index < -0.39 is 5.25 Å². The second-order valence-corrected chi connectivity index (χ2v) is 6.83. The molecule has 0 aliphatic carbocycles. The lowest BCUT2D eigenvalue weighted by Gasteiger charge is -2.08. The molecule has 116 valence electrons. The SMILES string of the molecule is CC(C)=N/N=C1\NC(=O)[C@@H](CC(=O)Nc2ccccc2Br)S1. The number of rotatable bonds is 4. The number of benzene rings is 1. The Hall–Kier alpha value is -1.67. The minimum atomic E-state index is -0.492. The number of carbonyl (C=O) groups is 2. The van der Waals surface area contributed by atoms with Crippen molar-refractivity contribution in [1.29, 1.82) is 0 Å². The molecule has 0 unspecified atom stereocenters. The number of halogens is 1. The molecule has 0 spiro atoms. The lowest BCUT2D eigenvalue weighted by Crippen LogP contribution is -2.28. The summed E-state index contributed by atoms with van der Waals surface area (Å²) in [6.07, 6.45) is 0.0751. The van der Waals surface area contributed by atoms with E-state index in [9.17, 15) is 9.59 Å². The fourth-order valence-corrected chi connectivity index (χ4v) is 2.97. The maximum absolute atomic E-state index is 12.0. The van der Waals surface area contributed by atoms with Crippen LogP contribution in [-0.2, 0) is 9.59 Å². The van der Waals surface area contributed by atoms with Gasteiger partial charge >= 0.3 is 0 Å². The summed E-state index contributed by atoms with van der Waals surface area (Å²) in [5, 5.41) is 13.1. The molecular formula is C14H15BrN4O2S. The van der Waals surface area contributed by atoms with Gasteiger partial charge in [0.2, 0.25) is 11.8 Å². The molecular weight excluding hydrogens is 368 g/mol. The molecule has 1 fully saturated rings. The zero-order valence-corrected chi connectivity index (χ0v) is 14.5. The van der Waals surface area contributed by atoms with Crippen molar-refractivity contribution in [2.75, 3.05) is 5.32 Å². The van der Waals surface area contributed by atoms with Gasteiger partial charge in [-0.2, -0.15) is 5.10 Å². The Bertz CT molecular complexity index is 656. The highest BCUT2D eigenvalue weighted by Gasteiger charge is 2.32. The van der Waals surface area contributed by atoms with E-state index in [2.05, 4.69) is 36.8 Å². The molecule has 0 bridgehead atoms. The summed E-state index contributed by atoms with van der Waals surface area (Å²) < 4.78 is 0.793. The zero-order chi connectivity index (χ0) is 16.1. The molecule has 0 aromatic heterocycles. The minimum Gasteiger partial charge on any atom is -0.325 e. The molecule has 8 heteroatoms. The van der Waals surface area contributed by atoms with Crippen molar-refractivity contribution in [1.82, 2.24) is 5.32 Å². The van der Waals surface area contributed by atoms with Crippen LogP contribution in [0, 0.1) is 0 Å². The normalized spacial score (nSPS) is 19.0. The maximum atomic E-state index is 12.0. The van der Waals surface area contributed by atoms with Gasteiger partial charge in [-0.15, -0.1) is 5.10 Å². The van der Waals surface area contributed by atoms with Crippen molar-refractivity contribution < 1.29 is 9.59 Å². The predicted molar refractivity (Wildman–Crippen MR) is 93.1 cm³/mol. The molecule has 1 atom stereocenters. The minimum absolute atomic E-state index is 0.0751. The van der Waals surface area contributed by atoms with Gasteiger partial charge < -0.3 is 10.6 Å². The Balaban J connectivity index is 1.95. The third-order valence-corrected chi connectivity index (χ3v) is 4.40. The molecule has 2 N–H and O–H groups in total. The highest BCUT2D eigenvalue weighted by Crippen LogP contribution is 2.25. The summed E-state index contributed by atoms with van der Waals surface area (Å²) >= 11 is 4.57. The molecule has 1 saturated heterocycles. The maximum Gasteiger partial charge on any atom is 0.240 e. The van der Waals surface area contributed by atoms with Crippen LogP contribution in [0.15, 0.2) is 38.9 Å². The topological polar surface area (TPSA) is 82.9 Å². The number of anilines is 1. The van der Waals surface area contributed by atoms with Crippen molar-refractivity contribution >= 4 is 56.1 Å². The number of thioether (sulfide) groups is 1. The standard InChI is InChI=1S/C14H15BrN4O2S/c1-8(2)18-19-14-17-13(21)11(22-14)7-12(20)16-10-6-4-3-5-9(10)15/h3-6,11H,7H2,1-2H3,(H,16,20)(H,17,19,21)/t11-/m1/s1. The molecule has 1 aromatic carbocycles. The van der Waals surface area contributed by atoms with Crippen molar-refractivity contribution in [3.05, 3.63) is 28.7 Å². The fourth-order valence-electron chi connectivity index (χ4n) is 1.66. The Labute approximate surface area is 141 Å². The van der Waals surface area contributed by atoms with Crippen LogP contribution in [0.1, 0.15) is 20.3 Å². The lowest BCUT2D eigenvalue weighted by molar-refractivity contribution is -0.122. The quantitative estimate of drug-likeness (QED) is 0.620. The first-order chi connectivity index (χ1) is 10.5. The van der Waals surface area contributed by atoms with Crippen molar-refractivity contribution in [3.63, 3.8) is 0 Å². The third-order valence-electron chi connectivity index (χ3n) is 2.64. The summed E-state index contributed by atoms with van der Waals surface area (Å²) in [4.78, 5) is 23.9. The van der Waals surface area contributed by atoms with Gasteiger partial charge in [-0.3, -0.25) is 9.59 Å². The first-order valence-electron chi connectivity index (χ1n) is 6.56. The van der Waals surface area contributed by atoms with Crippen LogP contribution in [-0.4, -0.2) is 27.9 Å². The average Bonchev–Trinajstić information content (AvgIpc) is 2.79. The van der Waals surface area contributed by atoms with Gasteiger partial charge in [-0.1, -0.05) is 23.9 Å². The van der Waals surface area contributed by atoms with E-state index in [1.165, 1.54) is 11.8 Å². The second-order valence-electron chi connectivity index (χ2n) is 4.78. The van der Waals surface area contributed by atoms with E-state index in [1.807, 2.05) is 32.0 Å². The van der Waals surface area contributed by atoms with Gasteiger partial charge in [0.15, 0.2) is 5.17 Å². The number of hydrogen-bond donors (Lipinski definition) is 2. The lowest BCUT2D eigenvalue weighted by atomic mass is 10.2. The largest absolute Gasteiger partial charge is 0.325 e. The van der Waals surface area contributed by atoms with Gasteiger partial charge in [-0.25, -0.2) is 0 Å². The van der Waals surface area contributed by atoms with E-state index in [1.54, 1.807) is 6.07 Å². The third kappa shape index (κ3) is 4.67. The van der Waals surface area contributed by atoms with Crippen LogP contribution < -0.4 is 10.6 Å². The van der Waals surface area contributed by atoms with Crippen LogP contribution >= 0.6 is 27.7 Å². The molecule has 6 nitrogen and oxygen atoms in total. The molecule has 0 radical (unpaired) electrons. The van der Waals surface area contributed by atoms with Gasteiger partial charge in [0.05, 0.1) is 5.69 Å². The molecule has 2 amide bonds. The smallest absolute Gasteiger partial charge is 0.240 e. The zero-order valence-electron chi connectivity index (χ0n) is 12.1. The molecule has 1 aliphatic rings. The van der Waals surface area contributed by atoms with Crippen molar-refractivity contribution in [2.24, 2.45) is 10.2 Å². The Morgan fingerprint density at radius 3 is 2.82 bits per heavy atom. The summed E-state index contributed by atoms with van der Waals surface area (Å²) in [6, 6.07) is 7.31. The van der Waals surface area contributed by atoms with E-state index in [4.69, 9.17) is 0 Å². The van der Waals surface area contributed by atoms with Gasteiger partial charge in [-0.05, 0) is 41.9 Å². The molecule has 0 saturated carbocycles. The number of para-hydroxylation sites is 1. The van der Waals surface area contributed by atoms with Crippen molar-refractivity contribution in [2.45, 2.75) is 25.5 Å². The number of hydrogen-bond acceptors (Lipinski definition) is 5.